The number of carbonyl (C=O) groups is 2. The van der Waals surface area contributed by atoms with E-state index in [1.807, 2.05) is 90.3 Å². The van der Waals surface area contributed by atoms with Gasteiger partial charge >= 0.3 is 0 Å². The summed E-state index contributed by atoms with van der Waals surface area (Å²) in [4.78, 5) is 31.6. The van der Waals surface area contributed by atoms with Crippen LogP contribution in [0.15, 0.2) is 119 Å². The average molecular weight is 556 g/mol. The smallest absolute Gasteiger partial charge is 0.255 e. The zero-order chi connectivity index (χ0) is 26.3. The normalized spacial score (nSPS) is 11.5. The van der Waals surface area contributed by atoms with Crippen molar-refractivity contribution >= 4 is 57.3 Å². The predicted molar refractivity (Wildman–Crippen MR) is 157 cm³/mol. The van der Waals surface area contributed by atoms with Crippen molar-refractivity contribution in [3.63, 3.8) is 0 Å². The molecule has 188 valence electrons. The first-order chi connectivity index (χ1) is 18.5. The molecule has 4 aromatic carbocycles. The molecule has 0 saturated carbocycles. The summed E-state index contributed by atoms with van der Waals surface area (Å²) in [5.41, 5.74) is 3.77. The van der Waals surface area contributed by atoms with Crippen molar-refractivity contribution in [1.82, 2.24) is 4.98 Å². The van der Waals surface area contributed by atoms with Crippen LogP contribution in [0.1, 0.15) is 21.2 Å². The van der Waals surface area contributed by atoms with Crippen molar-refractivity contribution in [3.8, 4) is 11.3 Å². The highest BCUT2D eigenvalue weighted by atomic mass is 35.5. The zero-order valence-corrected chi connectivity index (χ0v) is 22.4. The maximum atomic E-state index is 13.5. The van der Waals surface area contributed by atoms with Crippen LogP contribution in [0.2, 0.25) is 5.02 Å². The highest BCUT2D eigenvalue weighted by Crippen LogP contribution is 2.37. The lowest BCUT2D eigenvalue weighted by Gasteiger charge is -2.17. The van der Waals surface area contributed by atoms with Gasteiger partial charge in [-0.3, -0.25) is 9.59 Å². The number of amides is 2. The third kappa shape index (κ3) is 6.50. The first kappa shape index (κ1) is 25.7. The molecule has 0 fully saturated rings. The van der Waals surface area contributed by atoms with Crippen molar-refractivity contribution in [2.24, 2.45) is 0 Å². The van der Waals surface area contributed by atoms with Crippen LogP contribution in [-0.4, -0.2) is 16.8 Å². The van der Waals surface area contributed by atoms with E-state index < -0.39 is 5.25 Å². The Morgan fingerprint density at radius 3 is 2.32 bits per heavy atom. The Morgan fingerprint density at radius 2 is 1.55 bits per heavy atom. The zero-order valence-electron chi connectivity index (χ0n) is 20.0. The third-order valence-corrected chi connectivity index (χ3v) is 7.82. The Labute approximate surface area is 233 Å². The Morgan fingerprint density at radius 1 is 0.816 bits per heavy atom. The number of thiazole rings is 1. The summed E-state index contributed by atoms with van der Waals surface area (Å²) in [5.74, 6) is -0.437. The topological polar surface area (TPSA) is 71.1 Å². The van der Waals surface area contributed by atoms with Crippen LogP contribution in [0.5, 0.6) is 0 Å². The van der Waals surface area contributed by atoms with Gasteiger partial charge in [-0.1, -0.05) is 84.4 Å². The fourth-order valence-corrected chi connectivity index (χ4v) is 5.76. The van der Waals surface area contributed by atoms with Crippen LogP contribution >= 0.6 is 34.7 Å². The van der Waals surface area contributed by atoms with Gasteiger partial charge in [-0.05, 0) is 42.0 Å². The first-order valence-corrected chi connectivity index (χ1v) is 13.9. The molecule has 1 heterocycles. The van der Waals surface area contributed by atoms with E-state index in [2.05, 4.69) is 15.6 Å². The molecule has 0 aliphatic rings. The quantitative estimate of drug-likeness (QED) is 0.189. The number of nitrogens with one attached hydrogen (secondary N) is 2. The van der Waals surface area contributed by atoms with Crippen molar-refractivity contribution in [1.29, 1.82) is 0 Å². The molecule has 8 heteroatoms. The molecule has 0 spiro atoms. The largest absolute Gasteiger partial charge is 0.322 e. The highest BCUT2D eigenvalue weighted by molar-refractivity contribution is 8.00. The van der Waals surface area contributed by atoms with E-state index in [9.17, 15) is 9.59 Å². The molecular weight excluding hydrogens is 534 g/mol. The lowest BCUT2D eigenvalue weighted by molar-refractivity contribution is -0.115. The standard InChI is InChI=1S/C30H22ClN3O2S2/c31-23-14-7-13-22(17-23)28(35)32-24-15-8-16-25(18-24)38-27(21-11-5-2-6-12-21)29(36)34-30-33-26(19-37-30)20-9-3-1-4-10-20/h1-19,27H,(H,32,35)(H,33,34,36). The van der Waals surface area contributed by atoms with Crippen molar-refractivity contribution in [2.45, 2.75) is 10.1 Å². The van der Waals surface area contributed by atoms with E-state index in [0.717, 1.165) is 21.7 Å². The molecule has 1 aromatic heterocycles. The summed E-state index contributed by atoms with van der Waals surface area (Å²) in [6.07, 6.45) is 0. The first-order valence-electron chi connectivity index (χ1n) is 11.8. The molecule has 0 aliphatic heterocycles. The van der Waals surface area contributed by atoms with Gasteiger partial charge in [0.1, 0.15) is 5.25 Å². The third-order valence-electron chi connectivity index (χ3n) is 5.58. The van der Waals surface area contributed by atoms with Gasteiger partial charge in [-0.15, -0.1) is 23.1 Å². The molecule has 0 bridgehead atoms. The predicted octanol–water partition coefficient (Wildman–Crippen LogP) is 8.19. The van der Waals surface area contributed by atoms with Gasteiger partial charge in [-0.2, -0.15) is 0 Å². The van der Waals surface area contributed by atoms with Crippen LogP contribution in [0.25, 0.3) is 11.3 Å². The lowest BCUT2D eigenvalue weighted by atomic mass is 10.1. The SMILES string of the molecule is O=C(Nc1cccc(SC(C(=O)Nc2nc(-c3ccccc3)cs2)c2ccccc2)c1)c1cccc(Cl)c1. The molecule has 0 saturated heterocycles. The number of benzene rings is 4. The summed E-state index contributed by atoms with van der Waals surface area (Å²) >= 11 is 8.82. The Bertz CT molecular complexity index is 1560. The number of hydrogen-bond acceptors (Lipinski definition) is 5. The van der Waals surface area contributed by atoms with E-state index >= 15 is 0 Å². The van der Waals surface area contributed by atoms with Gasteiger partial charge in [-0.25, -0.2) is 4.98 Å². The minimum Gasteiger partial charge on any atom is -0.322 e. The van der Waals surface area contributed by atoms with Crippen molar-refractivity contribution in [3.05, 3.63) is 131 Å². The van der Waals surface area contributed by atoms with E-state index in [4.69, 9.17) is 11.6 Å². The van der Waals surface area contributed by atoms with E-state index in [1.165, 1.54) is 23.1 Å². The van der Waals surface area contributed by atoms with E-state index in [0.29, 0.717) is 21.4 Å². The number of aromatic nitrogens is 1. The van der Waals surface area contributed by atoms with Crippen molar-refractivity contribution in [2.75, 3.05) is 10.6 Å². The summed E-state index contributed by atoms with van der Waals surface area (Å²) in [6, 6.07) is 33.7. The van der Waals surface area contributed by atoms with Crippen LogP contribution < -0.4 is 10.6 Å². The summed E-state index contributed by atoms with van der Waals surface area (Å²) in [5, 5.41) is 8.33. The lowest BCUT2D eigenvalue weighted by Crippen LogP contribution is -2.19. The van der Waals surface area contributed by atoms with Crippen LogP contribution in [0.4, 0.5) is 10.8 Å². The second-order valence-electron chi connectivity index (χ2n) is 8.29. The molecule has 0 aliphatic carbocycles. The van der Waals surface area contributed by atoms with Gasteiger partial charge in [0.25, 0.3) is 5.91 Å². The van der Waals surface area contributed by atoms with E-state index in [-0.39, 0.29) is 11.8 Å². The maximum Gasteiger partial charge on any atom is 0.255 e. The maximum absolute atomic E-state index is 13.5. The van der Waals surface area contributed by atoms with Crippen LogP contribution in [-0.2, 0) is 4.79 Å². The molecule has 1 atom stereocenters. The van der Waals surface area contributed by atoms with Gasteiger partial charge in [0.05, 0.1) is 5.69 Å². The summed E-state index contributed by atoms with van der Waals surface area (Å²) in [7, 11) is 0. The number of nitrogens with zero attached hydrogens (tertiary/aromatic N) is 1. The monoisotopic (exact) mass is 555 g/mol. The Kier molecular flexibility index (Phi) is 8.19. The second kappa shape index (κ2) is 12.1. The fraction of sp³-hybridized carbons (Fsp3) is 0.0333. The molecule has 5 nitrogen and oxygen atoms in total. The van der Waals surface area contributed by atoms with E-state index in [1.54, 1.807) is 24.3 Å². The number of rotatable bonds is 8. The Hall–Kier alpha value is -3.91. The van der Waals surface area contributed by atoms with Gasteiger partial charge in [0.15, 0.2) is 5.13 Å². The van der Waals surface area contributed by atoms with Crippen LogP contribution in [0.3, 0.4) is 0 Å². The molecule has 0 radical (unpaired) electrons. The molecule has 38 heavy (non-hydrogen) atoms. The molecule has 2 N–H and O–H groups in total. The van der Waals surface area contributed by atoms with Crippen molar-refractivity contribution < 1.29 is 9.59 Å². The Balaban J connectivity index is 1.34. The molecule has 5 aromatic rings. The van der Waals surface area contributed by atoms with Gasteiger partial charge in [0.2, 0.25) is 5.91 Å². The summed E-state index contributed by atoms with van der Waals surface area (Å²) in [6.45, 7) is 0. The average Bonchev–Trinajstić information content (AvgIpc) is 3.41. The highest BCUT2D eigenvalue weighted by Gasteiger charge is 2.23. The second-order valence-corrected chi connectivity index (χ2v) is 10.8. The molecule has 2 amide bonds. The number of thioether (sulfide) groups is 1. The number of anilines is 2. The van der Waals surface area contributed by atoms with Crippen LogP contribution in [0, 0.1) is 0 Å². The minimum atomic E-state index is -0.529. The van der Waals surface area contributed by atoms with Gasteiger partial charge < -0.3 is 10.6 Å². The molecule has 5 rings (SSSR count). The summed E-state index contributed by atoms with van der Waals surface area (Å²) < 4.78 is 0. The number of halogens is 1. The molecule has 1 unspecified atom stereocenters. The molecular formula is C30H22ClN3O2S2. The number of carbonyl (C=O) groups excluding carboxylic acids is 2. The van der Waals surface area contributed by atoms with Gasteiger partial charge in [0, 0.05) is 32.1 Å². The fourth-order valence-electron chi connectivity index (χ4n) is 3.76. The number of hydrogen-bond donors (Lipinski definition) is 2. The minimum absolute atomic E-state index is 0.177.